The molecule has 0 unspecified atom stereocenters. The average molecular weight is 359 g/mol. The number of hydrogen-bond donors (Lipinski definition) is 1. The van der Waals surface area contributed by atoms with Crippen molar-refractivity contribution in [3.05, 3.63) is 53.1 Å². The monoisotopic (exact) mass is 358 g/mol. The molecule has 1 heterocycles. The van der Waals surface area contributed by atoms with E-state index in [1.54, 1.807) is 18.2 Å². The molecule has 3 rings (SSSR count). The van der Waals surface area contributed by atoms with Crippen molar-refractivity contribution in [2.75, 3.05) is 23.9 Å². The van der Waals surface area contributed by atoms with Crippen LogP contribution in [-0.2, 0) is 0 Å². The quantitative estimate of drug-likeness (QED) is 0.838. The number of carbonyl (C=O) groups is 1. The number of nitrogens with one attached hydrogen (secondary N) is 1. The zero-order chi connectivity index (χ0) is 17.8. The van der Waals surface area contributed by atoms with Crippen LogP contribution in [0.4, 0.5) is 11.4 Å². The van der Waals surface area contributed by atoms with Gasteiger partial charge in [0.15, 0.2) is 0 Å². The highest BCUT2D eigenvalue weighted by atomic mass is 35.5. The van der Waals surface area contributed by atoms with E-state index < -0.39 is 0 Å². The summed E-state index contributed by atoms with van der Waals surface area (Å²) in [6.07, 6.45) is 3.76. The summed E-state index contributed by atoms with van der Waals surface area (Å²) in [4.78, 5) is 15.0. The Morgan fingerprint density at radius 3 is 2.64 bits per heavy atom. The molecule has 1 aliphatic heterocycles. The van der Waals surface area contributed by atoms with Gasteiger partial charge in [0.2, 0.25) is 0 Å². The van der Waals surface area contributed by atoms with Crippen molar-refractivity contribution in [1.82, 2.24) is 0 Å². The van der Waals surface area contributed by atoms with Gasteiger partial charge in [-0.3, -0.25) is 4.79 Å². The number of amides is 1. The maximum atomic E-state index is 12.5. The van der Waals surface area contributed by atoms with Crippen molar-refractivity contribution in [2.24, 2.45) is 0 Å². The van der Waals surface area contributed by atoms with Crippen molar-refractivity contribution in [2.45, 2.75) is 32.2 Å². The Labute approximate surface area is 153 Å². The summed E-state index contributed by atoms with van der Waals surface area (Å²) in [6.45, 7) is 3.35. The van der Waals surface area contributed by atoms with E-state index in [0.29, 0.717) is 22.4 Å². The molecule has 1 fully saturated rings. The number of nitrogens with zero attached hydrogens (tertiary/aromatic N) is 1. The number of carbonyl (C=O) groups excluding carboxylic acids is 1. The molecule has 5 heteroatoms. The molecule has 1 atom stereocenters. The van der Waals surface area contributed by atoms with Gasteiger partial charge in [-0.05, 0) is 68.7 Å². The van der Waals surface area contributed by atoms with Gasteiger partial charge in [-0.25, -0.2) is 0 Å². The van der Waals surface area contributed by atoms with Gasteiger partial charge in [-0.2, -0.15) is 0 Å². The van der Waals surface area contributed by atoms with E-state index in [4.69, 9.17) is 16.3 Å². The van der Waals surface area contributed by atoms with Crippen molar-refractivity contribution in [1.29, 1.82) is 0 Å². The van der Waals surface area contributed by atoms with E-state index >= 15 is 0 Å². The van der Waals surface area contributed by atoms with E-state index in [-0.39, 0.29) is 5.91 Å². The number of methoxy groups -OCH3 is 1. The van der Waals surface area contributed by atoms with E-state index in [9.17, 15) is 4.79 Å². The van der Waals surface area contributed by atoms with Crippen LogP contribution in [0.2, 0.25) is 5.02 Å². The molecule has 2 aromatic rings. The summed E-state index contributed by atoms with van der Waals surface area (Å²) in [5, 5.41) is 3.41. The molecule has 4 nitrogen and oxygen atoms in total. The lowest BCUT2D eigenvalue weighted by Gasteiger charge is -2.35. The maximum Gasteiger partial charge on any atom is 0.259 e. The SMILES string of the molecule is COc1ccc(Cl)cc1C(=O)Nc1ccc(N2CCCC[C@H]2C)cc1. The largest absolute Gasteiger partial charge is 0.496 e. The zero-order valence-corrected chi connectivity index (χ0v) is 15.3. The molecule has 0 spiro atoms. The molecule has 1 aliphatic rings. The van der Waals surface area contributed by atoms with Crippen LogP contribution in [0.3, 0.4) is 0 Å². The predicted octanol–water partition coefficient (Wildman–Crippen LogP) is 4.98. The molecule has 0 aliphatic carbocycles. The lowest BCUT2D eigenvalue weighted by atomic mass is 10.0. The minimum Gasteiger partial charge on any atom is -0.496 e. The van der Waals surface area contributed by atoms with Gasteiger partial charge in [0.05, 0.1) is 12.7 Å². The summed E-state index contributed by atoms with van der Waals surface area (Å²) in [5.41, 5.74) is 2.37. The standard InChI is InChI=1S/C20H23ClN2O2/c1-14-5-3-4-12-23(14)17-9-7-16(8-10-17)22-20(24)18-13-15(21)6-11-19(18)25-2/h6-11,13-14H,3-5,12H2,1-2H3,(H,22,24)/t14-/m1/s1. The first-order valence-corrected chi connectivity index (χ1v) is 8.98. The number of halogens is 1. The van der Waals surface area contributed by atoms with Gasteiger partial charge < -0.3 is 15.0 Å². The Morgan fingerprint density at radius 2 is 1.96 bits per heavy atom. The summed E-state index contributed by atoms with van der Waals surface area (Å²) < 4.78 is 5.24. The van der Waals surface area contributed by atoms with Crippen molar-refractivity contribution < 1.29 is 9.53 Å². The number of benzene rings is 2. The van der Waals surface area contributed by atoms with Crippen molar-refractivity contribution in [3.8, 4) is 5.75 Å². The Balaban J connectivity index is 1.73. The topological polar surface area (TPSA) is 41.6 Å². The number of piperidine rings is 1. The van der Waals surface area contributed by atoms with Crippen LogP contribution in [0.25, 0.3) is 0 Å². The molecular weight excluding hydrogens is 336 g/mol. The third kappa shape index (κ3) is 4.07. The zero-order valence-electron chi connectivity index (χ0n) is 14.6. The summed E-state index contributed by atoms with van der Waals surface area (Å²) >= 11 is 6.00. The fourth-order valence-corrected chi connectivity index (χ4v) is 3.45. The minimum atomic E-state index is -0.238. The molecule has 0 saturated carbocycles. The number of hydrogen-bond acceptors (Lipinski definition) is 3. The molecule has 1 amide bonds. The number of rotatable bonds is 4. The van der Waals surface area contributed by atoms with E-state index in [0.717, 1.165) is 12.2 Å². The molecule has 1 N–H and O–H groups in total. The van der Waals surface area contributed by atoms with Crippen LogP contribution in [-0.4, -0.2) is 25.6 Å². The molecule has 132 valence electrons. The molecule has 1 saturated heterocycles. The maximum absolute atomic E-state index is 12.5. The van der Waals surface area contributed by atoms with Gasteiger partial charge in [-0.1, -0.05) is 11.6 Å². The second-order valence-electron chi connectivity index (χ2n) is 6.38. The first-order chi connectivity index (χ1) is 12.1. The lowest BCUT2D eigenvalue weighted by Crippen LogP contribution is -2.37. The summed E-state index contributed by atoms with van der Waals surface area (Å²) in [6, 6.07) is 13.6. The highest BCUT2D eigenvalue weighted by Gasteiger charge is 2.18. The fraction of sp³-hybridized carbons (Fsp3) is 0.350. The van der Waals surface area contributed by atoms with E-state index in [1.165, 1.54) is 32.1 Å². The second-order valence-corrected chi connectivity index (χ2v) is 6.82. The Bertz CT molecular complexity index is 746. The Hall–Kier alpha value is -2.20. The van der Waals surface area contributed by atoms with Crippen LogP contribution < -0.4 is 15.0 Å². The van der Waals surface area contributed by atoms with Gasteiger partial charge in [0, 0.05) is 29.0 Å². The molecule has 0 bridgehead atoms. The first kappa shape index (κ1) is 17.6. The highest BCUT2D eigenvalue weighted by molar-refractivity contribution is 6.31. The molecule has 0 aromatic heterocycles. The van der Waals surface area contributed by atoms with Crippen LogP contribution in [0.5, 0.6) is 5.75 Å². The van der Waals surface area contributed by atoms with Crippen LogP contribution in [0.15, 0.2) is 42.5 Å². The van der Waals surface area contributed by atoms with Crippen LogP contribution in [0.1, 0.15) is 36.5 Å². The van der Waals surface area contributed by atoms with Crippen LogP contribution >= 0.6 is 11.6 Å². The lowest BCUT2D eigenvalue weighted by molar-refractivity contribution is 0.102. The summed E-state index contributed by atoms with van der Waals surface area (Å²) in [7, 11) is 1.54. The minimum absolute atomic E-state index is 0.238. The molecule has 0 radical (unpaired) electrons. The Kier molecular flexibility index (Phi) is 5.49. The van der Waals surface area contributed by atoms with Crippen molar-refractivity contribution >= 4 is 28.9 Å². The third-order valence-corrected chi connectivity index (χ3v) is 4.90. The molecule has 2 aromatic carbocycles. The van der Waals surface area contributed by atoms with E-state index in [2.05, 4.69) is 29.3 Å². The van der Waals surface area contributed by atoms with Crippen molar-refractivity contribution in [3.63, 3.8) is 0 Å². The van der Waals surface area contributed by atoms with Crippen LogP contribution in [0, 0.1) is 0 Å². The average Bonchev–Trinajstić information content (AvgIpc) is 2.63. The summed E-state index contributed by atoms with van der Waals surface area (Å²) in [5.74, 6) is 0.263. The normalized spacial score (nSPS) is 17.2. The smallest absolute Gasteiger partial charge is 0.259 e. The highest BCUT2D eigenvalue weighted by Crippen LogP contribution is 2.27. The third-order valence-electron chi connectivity index (χ3n) is 4.67. The Morgan fingerprint density at radius 1 is 1.20 bits per heavy atom. The molecular formula is C20H23ClN2O2. The second kappa shape index (κ2) is 7.79. The predicted molar refractivity (Wildman–Crippen MR) is 103 cm³/mol. The fourth-order valence-electron chi connectivity index (χ4n) is 3.27. The van der Waals surface area contributed by atoms with Gasteiger partial charge in [0.25, 0.3) is 5.91 Å². The first-order valence-electron chi connectivity index (χ1n) is 8.60. The number of anilines is 2. The van der Waals surface area contributed by atoms with Gasteiger partial charge >= 0.3 is 0 Å². The number of ether oxygens (including phenoxy) is 1. The van der Waals surface area contributed by atoms with Gasteiger partial charge in [-0.15, -0.1) is 0 Å². The molecule has 25 heavy (non-hydrogen) atoms. The van der Waals surface area contributed by atoms with E-state index in [1.807, 2.05) is 12.1 Å². The van der Waals surface area contributed by atoms with Gasteiger partial charge in [0.1, 0.15) is 5.75 Å².